The lowest BCUT2D eigenvalue weighted by Crippen LogP contribution is -2.35. The van der Waals surface area contributed by atoms with Gasteiger partial charge in [0.05, 0.1) is 0 Å². The Kier molecular flexibility index (Phi) is 5.71. The highest BCUT2D eigenvalue weighted by Crippen LogP contribution is 2.63. The van der Waals surface area contributed by atoms with E-state index in [4.69, 9.17) is 4.74 Å². The average Bonchev–Trinajstić information content (AvgIpc) is 3.69. The molecule has 2 aliphatic carbocycles. The van der Waals surface area contributed by atoms with E-state index in [1.807, 2.05) is 36.4 Å². The van der Waals surface area contributed by atoms with Crippen molar-refractivity contribution in [2.45, 2.75) is 36.7 Å². The van der Waals surface area contributed by atoms with Crippen molar-refractivity contribution in [2.24, 2.45) is 0 Å². The monoisotopic (exact) mass is 588 g/mol. The van der Waals surface area contributed by atoms with Crippen molar-refractivity contribution < 1.29 is 13.5 Å². The van der Waals surface area contributed by atoms with Gasteiger partial charge in [0.2, 0.25) is 0 Å². The summed E-state index contributed by atoms with van der Waals surface area (Å²) >= 11 is 0. The van der Waals surface area contributed by atoms with Gasteiger partial charge in [0.15, 0.2) is 5.60 Å². The van der Waals surface area contributed by atoms with Crippen molar-refractivity contribution in [3.05, 3.63) is 167 Å². The van der Waals surface area contributed by atoms with Crippen molar-refractivity contribution in [3.63, 3.8) is 0 Å². The van der Waals surface area contributed by atoms with Gasteiger partial charge in [0.1, 0.15) is 17.4 Å². The summed E-state index contributed by atoms with van der Waals surface area (Å²) in [5, 5.41) is 1.92. The van der Waals surface area contributed by atoms with Crippen LogP contribution in [-0.2, 0) is 11.0 Å². The summed E-state index contributed by atoms with van der Waals surface area (Å²) in [7, 11) is 0. The number of hydrogen-bond acceptors (Lipinski definition) is 1. The third-order valence-electron chi connectivity index (χ3n) is 10.3. The maximum atomic E-state index is 15.9. The van der Waals surface area contributed by atoms with E-state index in [0.717, 1.165) is 87.2 Å². The zero-order valence-electron chi connectivity index (χ0n) is 24.7. The van der Waals surface area contributed by atoms with Crippen molar-refractivity contribution >= 4 is 16.8 Å². The Bertz CT molecular complexity index is 2140. The second-order valence-corrected chi connectivity index (χ2v) is 12.6. The predicted molar refractivity (Wildman–Crippen MR) is 177 cm³/mol. The largest absolute Gasteiger partial charge is 0.472 e. The van der Waals surface area contributed by atoms with E-state index in [9.17, 15) is 4.39 Å². The first kappa shape index (κ1) is 26.4. The van der Waals surface area contributed by atoms with Gasteiger partial charge in [-0.05, 0) is 58.2 Å². The fourth-order valence-corrected chi connectivity index (χ4v) is 8.43. The second kappa shape index (κ2) is 9.74. The molecule has 3 aliphatic rings. The summed E-state index contributed by atoms with van der Waals surface area (Å²) in [5.41, 5.74) is 7.32. The maximum Gasteiger partial charge on any atom is 0.178 e. The molecule has 1 aliphatic heterocycles. The molecule has 0 saturated heterocycles. The quantitative estimate of drug-likeness (QED) is 0.200. The van der Waals surface area contributed by atoms with Gasteiger partial charge >= 0.3 is 0 Å². The molecule has 1 atom stereocenters. The molecule has 6 aromatic carbocycles. The molecule has 1 spiro atoms. The molecule has 1 unspecified atom stereocenters. The van der Waals surface area contributed by atoms with Gasteiger partial charge in [-0.15, -0.1) is 0 Å². The van der Waals surface area contributed by atoms with Crippen molar-refractivity contribution in [1.82, 2.24) is 0 Å². The van der Waals surface area contributed by atoms with Gasteiger partial charge in [-0.2, -0.15) is 0 Å². The van der Waals surface area contributed by atoms with Crippen LogP contribution in [0, 0.1) is 11.6 Å². The van der Waals surface area contributed by atoms with Crippen LogP contribution in [-0.4, -0.2) is 0 Å². The molecule has 218 valence electrons. The highest BCUT2D eigenvalue weighted by molar-refractivity contribution is 6.08. The van der Waals surface area contributed by atoms with E-state index in [2.05, 4.69) is 84.9 Å². The Morgan fingerprint density at radius 3 is 1.96 bits per heavy atom. The van der Waals surface area contributed by atoms with Gasteiger partial charge in [-0.3, -0.25) is 0 Å². The third-order valence-corrected chi connectivity index (χ3v) is 10.3. The minimum absolute atomic E-state index is 0.446. The zero-order chi connectivity index (χ0) is 30.2. The smallest absolute Gasteiger partial charge is 0.178 e. The topological polar surface area (TPSA) is 9.23 Å². The Hall–Kier alpha value is -5.02. The van der Waals surface area contributed by atoms with E-state index < -0.39 is 22.7 Å². The molecule has 0 amide bonds. The maximum absolute atomic E-state index is 15.9. The molecule has 1 heterocycles. The molecular weight excluding hydrogens is 558 g/mol. The zero-order valence-corrected chi connectivity index (χ0v) is 24.7. The van der Waals surface area contributed by atoms with Crippen LogP contribution >= 0.6 is 0 Å². The van der Waals surface area contributed by atoms with Crippen molar-refractivity contribution in [2.75, 3.05) is 0 Å². The molecule has 1 nitrogen and oxygen atoms in total. The van der Waals surface area contributed by atoms with Gasteiger partial charge in [0, 0.05) is 39.1 Å². The normalized spacial score (nSPS) is 18.9. The number of ether oxygens (including phenoxy) is 1. The van der Waals surface area contributed by atoms with Crippen LogP contribution in [0.1, 0.15) is 53.5 Å². The lowest BCUT2D eigenvalue weighted by atomic mass is 9.73. The number of rotatable bonds is 3. The van der Waals surface area contributed by atoms with E-state index >= 15 is 4.39 Å². The van der Waals surface area contributed by atoms with Crippen LogP contribution in [0.3, 0.4) is 0 Å². The van der Waals surface area contributed by atoms with Crippen LogP contribution < -0.4 is 4.74 Å². The fraction of sp³-hybridized carbons (Fsp3) is 0.143. The van der Waals surface area contributed by atoms with Crippen molar-refractivity contribution in [3.8, 4) is 28.0 Å². The minimum atomic E-state index is -0.883. The standard InChI is InChI=1S/C42H30F2O/c43-31-25-35-37-32-15-7-8-16-33(32)40-34(39(37)41(22-9-10-23-41)38(35)36(44)26-31)21-24-42(45-40,29-13-5-2-6-14-29)30-19-17-28(18-20-30)27-11-3-1-4-12-27/h1-8,11-21,24-26H,9-10,22-23H2. The van der Waals surface area contributed by atoms with E-state index in [0.29, 0.717) is 11.1 Å². The SMILES string of the molecule is Fc1cc(F)c2c(c1)-c1c(c3c(c4ccccc14)OC(c1ccccc1)(c1ccc(-c4ccccc4)cc1)C=C3)C21CCCC1. The van der Waals surface area contributed by atoms with E-state index in [-0.39, 0.29) is 0 Å². The predicted octanol–water partition coefficient (Wildman–Crippen LogP) is 11.0. The summed E-state index contributed by atoms with van der Waals surface area (Å²) in [5.74, 6) is -0.190. The summed E-state index contributed by atoms with van der Waals surface area (Å²) < 4.78 is 38.1. The Labute approximate surface area is 261 Å². The lowest BCUT2D eigenvalue weighted by molar-refractivity contribution is 0.163. The first-order valence-corrected chi connectivity index (χ1v) is 15.8. The summed E-state index contributed by atoms with van der Waals surface area (Å²) in [6.07, 6.45) is 8.04. The number of benzene rings is 6. The van der Waals surface area contributed by atoms with Crippen LogP contribution in [0.5, 0.6) is 5.75 Å². The average molecular weight is 589 g/mol. The van der Waals surface area contributed by atoms with Gasteiger partial charge < -0.3 is 4.74 Å². The molecule has 0 bridgehead atoms. The number of hydrogen-bond donors (Lipinski definition) is 0. The van der Waals surface area contributed by atoms with Crippen LogP contribution in [0.2, 0.25) is 0 Å². The first-order valence-electron chi connectivity index (χ1n) is 15.8. The Morgan fingerprint density at radius 2 is 1.22 bits per heavy atom. The summed E-state index contributed by atoms with van der Waals surface area (Å²) in [6, 6.07) is 40.1. The third kappa shape index (κ3) is 3.70. The van der Waals surface area contributed by atoms with E-state index in [1.54, 1.807) is 6.07 Å². The van der Waals surface area contributed by atoms with Crippen LogP contribution in [0.4, 0.5) is 8.78 Å². The summed E-state index contributed by atoms with van der Waals surface area (Å²) in [6.45, 7) is 0. The molecule has 0 aromatic heterocycles. The molecule has 6 aromatic rings. The van der Waals surface area contributed by atoms with Crippen LogP contribution in [0.25, 0.3) is 39.1 Å². The molecular formula is C42H30F2O. The molecule has 0 radical (unpaired) electrons. The van der Waals surface area contributed by atoms with Gasteiger partial charge in [-0.1, -0.05) is 128 Å². The number of halogens is 2. The van der Waals surface area contributed by atoms with Crippen molar-refractivity contribution in [1.29, 1.82) is 0 Å². The minimum Gasteiger partial charge on any atom is -0.472 e. The Balaban J connectivity index is 1.31. The fourth-order valence-electron chi connectivity index (χ4n) is 8.43. The molecule has 45 heavy (non-hydrogen) atoms. The highest BCUT2D eigenvalue weighted by atomic mass is 19.1. The molecule has 1 saturated carbocycles. The Morgan fingerprint density at radius 1 is 0.600 bits per heavy atom. The lowest BCUT2D eigenvalue weighted by Gasteiger charge is -2.39. The van der Waals surface area contributed by atoms with Gasteiger partial charge in [0.25, 0.3) is 0 Å². The highest BCUT2D eigenvalue weighted by Gasteiger charge is 2.51. The summed E-state index contributed by atoms with van der Waals surface area (Å²) in [4.78, 5) is 0. The molecule has 1 fully saturated rings. The first-order chi connectivity index (χ1) is 22.1. The van der Waals surface area contributed by atoms with Gasteiger partial charge in [-0.25, -0.2) is 8.78 Å². The van der Waals surface area contributed by atoms with Crippen LogP contribution in [0.15, 0.2) is 127 Å². The molecule has 0 N–H and O–H groups in total. The second-order valence-electron chi connectivity index (χ2n) is 12.6. The van der Waals surface area contributed by atoms with E-state index in [1.165, 1.54) is 0 Å². The molecule has 3 heteroatoms. The number of fused-ring (bicyclic) bond motifs is 10. The molecule has 9 rings (SSSR count).